The fourth-order valence-electron chi connectivity index (χ4n) is 1.52. The Labute approximate surface area is 101 Å². The maximum atomic E-state index is 5.73. The Hall–Kier alpha value is -1.41. The molecule has 0 spiro atoms. The summed E-state index contributed by atoms with van der Waals surface area (Å²) in [4.78, 5) is 2.52. The lowest BCUT2D eigenvalue weighted by molar-refractivity contribution is 1.29. The molecule has 0 fully saturated rings. The molecular weight excluding hydrogens is 214 g/mol. The van der Waals surface area contributed by atoms with E-state index in [2.05, 4.69) is 44.2 Å². The van der Waals surface area contributed by atoms with Crippen molar-refractivity contribution in [2.45, 2.75) is 23.6 Å². The summed E-state index contributed by atoms with van der Waals surface area (Å²) in [5, 5.41) is 0. The highest BCUT2D eigenvalue weighted by Crippen LogP contribution is 2.31. The number of benzene rings is 2. The number of hydrogen-bond acceptors (Lipinski definition) is 2. The normalized spacial score (nSPS) is 10.4. The predicted octanol–water partition coefficient (Wildman–Crippen LogP) is 4.04. The molecule has 0 aliphatic carbocycles. The van der Waals surface area contributed by atoms with E-state index in [1.54, 1.807) is 11.8 Å². The molecule has 16 heavy (non-hydrogen) atoms. The van der Waals surface area contributed by atoms with Crippen LogP contribution in [0.4, 0.5) is 5.69 Å². The molecule has 2 aromatic rings. The molecule has 2 rings (SSSR count). The van der Waals surface area contributed by atoms with Crippen LogP contribution in [0.3, 0.4) is 0 Å². The molecule has 0 saturated carbocycles. The average Bonchev–Trinajstić information content (AvgIpc) is 2.25. The molecular formula is C14H15NS. The van der Waals surface area contributed by atoms with E-state index >= 15 is 0 Å². The van der Waals surface area contributed by atoms with Gasteiger partial charge in [0.25, 0.3) is 0 Å². The van der Waals surface area contributed by atoms with Gasteiger partial charge in [0.1, 0.15) is 0 Å². The summed E-state index contributed by atoms with van der Waals surface area (Å²) < 4.78 is 0. The fourth-order valence-corrected chi connectivity index (χ4v) is 2.40. The Morgan fingerprint density at radius 1 is 0.938 bits per heavy atom. The van der Waals surface area contributed by atoms with Crippen molar-refractivity contribution in [1.82, 2.24) is 0 Å². The molecule has 2 N–H and O–H groups in total. The summed E-state index contributed by atoms with van der Waals surface area (Å²) in [6.07, 6.45) is 0. The third-order valence-electron chi connectivity index (χ3n) is 2.45. The van der Waals surface area contributed by atoms with Crippen LogP contribution >= 0.6 is 11.8 Å². The van der Waals surface area contributed by atoms with Gasteiger partial charge in [-0.2, -0.15) is 0 Å². The second kappa shape index (κ2) is 4.62. The summed E-state index contributed by atoms with van der Waals surface area (Å²) >= 11 is 1.78. The lowest BCUT2D eigenvalue weighted by Gasteiger charge is -2.06. The highest BCUT2D eigenvalue weighted by Gasteiger charge is 2.01. The van der Waals surface area contributed by atoms with E-state index in [-0.39, 0.29) is 0 Å². The predicted molar refractivity (Wildman–Crippen MR) is 70.9 cm³/mol. The summed E-state index contributed by atoms with van der Waals surface area (Å²) in [7, 11) is 0. The Bertz CT molecular complexity index is 489. The summed E-state index contributed by atoms with van der Waals surface area (Å²) in [6.45, 7) is 4.19. The van der Waals surface area contributed by atoms with Gasteiger partial charge in [-0.3, -0.25) is 0 Å². The summed E-state index contributed by atoms with van der Waals surface area (Å²) in [5.41, 5.74) is 9.07. The van der Waals surface area contributed by atoms with E-state index in [0.717, 1.165) is 5.69 Å². The Morgan fingerprint density at radius 2 is 1.62 bits per heavy atom. The number of nitrogen functional groups attached to an aromatic ring is 1. The van der Waals surface area contributed by atoms with Crippen molar-refractivity contribution in [3.8, 4) is 0 Å². The highest BCUT2D eigenvalue weighted by atomic mass is 32.2. The molecule has 2 heteroatoms. The van der Waals surface area contributed by atoms with Gasteiger partial charge in [0, 0.05) is 15.5 Å². The zero-order valence-corrected chi connectivity index (χ0v) is 10.3. The average molecular weight is 229 g/mol. The Morgan fingerprint density at radius 3 is 2.25 bits per heavy atom. The molecule has 0 atom stereocenters. The zero-order chi connectivity index (χ0) is 11.5. The third kappa shape index (κ3) is 2.58. The van der Waals surface area contributed by atoms with Gasteiger partial charge in [-0.15, -0.1) is 0 Å². The van der Waals surface area contributed by atoms with Crippen molar-refractivity contribution in [1.29, 1.82) is 0 Å². The quantitative estimate of drug-likeness (QED) is 0.787. The van der Waals surface area contributed by atoms with Crippen molar-refractivity contribution in [3.05, 3.63) is 53.6 Å². The number of aryl methyl sites for hydroxylation is 2. The van der Waals surface area contributed by atoms with Gasteiger partial charge in [0.2, 0.25) is 0 Å². The molecule has 0 aliphatic heterocycles. The van der Waals surface area contributed by atoms with Crippen LogP contribution in [0.25, 0.3) is 0 Å². The number of rotatable bonds is 2. The molecule has 0 saturated heterocycles. The first-order valence-electron chi connectivity index (χ1n) is 5.26. The molecule has 0 bridgehead atoms. The van der Waals surface area contributed by atoms with Crippen molar-refractivity contribution in [2.24, 2.45) is 0 Å². The lowest BCUT2D eigenvalue weighted by atomic mass is 10.2. The van der Waals surface area contributed by atoms with Crippen molar-refractivity contribution in [3.63, 3.8) is 0 Å². The monoisotopic (exact) mass is 229 g/mol. The van der Waals surface area contributed by atoms with Crippen LogP contribution in [0, 0.1) is 13.8 Å². The highest BCUT2D eigenvalue weighted by molar-refractivity contribution is 7.99. The topological polar surface area (TPSA) is 26.0 Å². The molecule has 0 heterocycles. The summed E-state index contributed by atoms with van der Waals surface area (Å²) in [5.74, 6) is 0. The van der Waals surface area contributed by atoms with Crippen LogP contribution in [0.5, 0.6) is 0 Å². The minimum atomic E-state index is 0.825. The molecule has 2 aromatic carbocycles. The SMILES string of the molecule is Cc1ccc(Sc2ccc(N)cc2C)cc1. The van der Waals surface area contributed by atoms with Crippen LogP contribution in [0.15, 0.2) is 52.3 Å². The van der Waals surface area contributed by atoms with E-state index in [4.69, 9.17) is 5.73 Å². The first-order chi connectivity index (χ1) is 7.65. The van der Waals surface area contributed by atoms with Gasteiger partial charge < -0.3 is 5.73 Å². The van der Waals surface area contributed by atoms with Gasteiger partial charge in [0.05, 0.1) is 0 Å². The first kappa shape index (κ1) is 11.1. The third-order valence-corrected chi connectivity index (χ3v) is 3.63. The zero-order valence-electron chi connectivity index (χ0n) is 9.53. The van der Waals surface area contributed by atoms with E-state index < -0.39 is 0 Å². The Kier molecular flexibility index (Phi) is 3.20. The smallest absolute Gasteiger partial charge is 0.0317 e. The van der Waals surface area contributed by atoms with Crippen LogP contribution in [0.2, 0.25) is 0 Å². The lowest BCUT2D eigenvalue weighted by Crippen LogP contribution is -1.87. The fraction of sp³-hybridized carbons (Fsp3) is 0.143. The van der Waals surface area contributed by atoms with Crippen LogP contribution in [-0.2, 0) is 0 Å². The molecule has 0 aromatic heterocycles. The first-order valence-corrected chi connectivity index (χ1v) is 6.07. The maximum absolute atomic E-state index is 5.73. The molecule has 0 unspecified atom stereocenters. The number of hydrogen-bond donors (Lipinski definition) is 1. The minimum absolute atomic E-state index is 0.825. The molecule has 0 aliphatic rings. The molecule has 82 valence electrons. The second-order valence-electron chi connectivity index (χ2n) is 3.94. The number of anilines is 1. The van der Waals surface area contributed by atoms with Crippen LogP contribution in [-0.4, -0.2) is 0 Å². The molecule has 1 nitrogen and oxygen atoms in total. The van der Waals surface area contributed by atoms with Gasteiger partial charge in [-0.25, -0.2) is 0 Å². The van der Waals surface area contributed by atoms with Crippen LogP contribution in [0.1, 0.15) is 11.1 Å². The van der Waals surface area contributed by atoms with Gasteiger partial charge >= 0.3 is 0 Å². The largest absolute Gasteiger partial charge is 0.399 e. The standard InChI is InChI=1S/C14H15NS/c1-10-3-6-13(7-4-10)16-14-8-5-12(15)9-11(14)2/h3-9H,15H2,1-2H3. The van der Waals surface area contributed by atoms with Crippen molar-refractivity contribution >= 4 is 17.4 Å². The minimum Gasteiger partial charge on any atom is -0.399 e. The van der Waals surface area contributed by atoms with E-state index in [1.807, 2.05) is 12.1 Å². The maximum Gasteiger partial charge on any atom is 0.0317 e. The van der Waals surface area contributed by atoms with Gasteiger partial charge in [0.15, 0.2) is 0 Å². The number of nitrogens with two attached hydrogens (primary N) is 1. The van der Waals surface area contributed by atoms with E-state index in [1.165, 1.54) is 20.9 Å². The molecule has 0 radical (unpaired) electrons. The van der Waals surface area contributed by atoms with Gasteiger partial charge in [-0.1, -0.05) is 29.5 Å². The van der Waals surface area contributed by atoms with E-state index in [0.29, 0.717) is 0 Å². The summed E-state index contributed by atoms with van der Waals surface area (Å²) in [6, 6.07) is 14.6. The van der Waals surface area contributed by atoms with Crippen molar-refractivity contribution in [2.75, 3.05) is 5.73 Å². The molecule has 0 amide bonds. The van der Waals surface area contributed by atoms with Crippen molar-refractivity contribution < 1.29 is 0 Å². The second-order valence-corrected chi connectivity index (χ2v) is 5.06. The van der Waals surface area contributed by atoms with E-state index in [9.17, 15) is 0 Å². The van der Waals surface area contributed by atoms with Gasteiger partial charge in [-0.05, 0) is 49.7 Å². The van der Waals surface area contributed by atoms with Crippen LogP contribution < -0.4 is 5.73 Å². The Balaban J connectivity index is 2.23.